The van der Waals surface area contributed by atoms with Crippen molar-refractivity contribution in [3.05, 3.63) is 12.2 Å². The van der Waals surface area contributed by atoms with Crippen molar-refractivity contribution in [1.82, 2.24) is 0 Å². The van der Waals surface area contributed by atoms with Gasteiger partial charge in [0.25, 0.3) is 5.92 Å². The van der Waals surface area contributed by atoms with Gasteiger partial charge in [0.15, 0.2) is 0 Å². The first-order valence-corrected chi connectivity index (χ1v) is 7.70. The number of rotatable bonds is 9. The number of halogens is 3. The molecule has 0 saturated carbocycles. The van der Waals surface area contributed by atoms with Gasteiger partial charge in [0.05, 0.1) is 0 Å². The number of hydrogen-bond acceptors (Lipinski definition) is 0. The highest BCUT2D eigenvalue weighted by Crippen LogP contribution is 2.50. The molecule has 0 aliphatic heterocycles. The second-order valence-corrected chi connectivity index (χ2v) is 6.54. The molecule has 0 aliphatic rings. The lowest BCUT2D eigenvalue weighted by molar-refractivity contribution is -0.145. The summed E-state index contributed by atoms with van der Waals surface area (Å²) >= 11 is 0. The second kappa shape index (κ2) is 7.51. The van der Waals surface area contributed by atoms with E-state index in [1.165, 1.54) is 20.8 Å². The molecule has 0 aromatic carbocycles. The molecule has 0 radical (unpaired) electrons. The standard InChI is InChI=1S/C17H31F3/c1-7-9-10-11-12-13-17(19,20)14(3)16(6,8-2)15(4,5)18/h7,9,14H,8,10-13H2,1-6H3/b9-7+. The molecule has 0 saturated heterocycles. The quantitative estimate of drug-likeness (QED) is 0.333. The average molecular weight is 292 g/mol. The maximum atomic E-state index is 14.4. The van der Waals surface area contributed by atoms with Crippen molar-refractivity contribution in [2.24, 2.45) is 11.3 Å². The minimum atomic E-state index is -2.82. The molecule has 120 valence electrons. The Morgan fingerprint density at radius 3 is 2.00 bits per heavy atom. The summed E-state index contributed by atoms with van der Waals surface area (Å²) in [5.74, 6) is -3.79. The zero-order valence-electron chi connectivity index (χ0n) is 13.9. The van der Waals surface area contributed by atoms with E-state index in [1.807, 2.05) is 19.1 Å². The summed E-state index contributed by atoms with van der Waals surface area (Å²) in [5.41, 5.74) is -2.63. The molecule has 0 fully saturated rings. The van der Waals surface area contributed by atoms with Crippen LogP contribution in [0, 0.1) is 11.3 Å². The van der Waals surface area contributed by atoms with Gasteiger partial charge in [0.2, 0.25) is 0 Å². The molecule has 2 unspecified atom stereocenters. The van der Waals surface area contributed by atoms with Crippen LogP contribution in [0.5, 0.6) is 0 Å². The SMILES string of the molecule is C/C=C/CCCCC(F)(F)C(C)C(C)(CC)C(C)(C)F. The van der Waals surface area contributed by atoms with Crippen LogP contribution >= 0.6 is 0 Å². The summed E-state index contributed by atoms with van der Waals surface area (Å²) in [5, 5.41) is 0. The van der Waals surface area contributed by atoms with Crippen LogP contribution in [0.2, 0.25) is 0 Å². The summed E-state index contributed by atoms with van der Waals surface area (Å²) in [7, 11) is 0. The molecular formula is C17H31F3. The van der Waals surface area contributed by atoms with Crippen LogP contribution in [0.4, 0.5) is 13.2 Å². The van der Waals surface area contributed by atoms with Gasteiger partial charge in [0.1, 0.15) is 5.67 Å². The largest absolute Gasteiger partial charge is 0.251 e. The number of alkyl halides is 3. The number of hydrogen-bond donors (Lipinski definition) is 0. The summed E-state index contributed by atoms with van der Waals surface area (Å²) < 4.78 is 43.1. The van der Waals surface area contributed by atoms with Crippen LogP contribution in [-0.2, 0) is 0 Å². The molecule has 0 N–H and O–H groups in total. The maximum Gasteiger partial charge on any atom is 0.251 e. The van der Waals surface area contributed by atoms with Crippen molar-refractivity contribution >= 4 is 0 Å². The third kappa shape index (κ3) is 4.82. The summed E-state index contributed by atoms with van der Waals surface area (Å²) in [6, 6.07) is 0. The Balaban J connectivity index is 4.74. The van der Waals surface area contributed by atoms with E-state index in [2.05, 4.69) is 0 Å². The van der Waals surface area contributed by atoms with E-state index in [9.17, 15) is 13.2 Å². The van der Waals surface area contributed by atoms with E-state index in [0.717, 1.165) is 12.8 Å². The molecule has 0 bridgehead atoms. The fourth-order valence-corrected chi connectivity index (χ4v) is 2.71. The van der Waals surface area contributed by atoms with Gasteiger partial charge in [0, 0.05) is 17.8 Å². The Morgan fingerprint density at radius 1 is 1.05 bits per heavy atom. The summed E-state index contributed by atoms with van der Waals surface area (Å²) in [6.45, 7) is 9.68. The van der Waals surface area contributed by atoms with Gasteiger partial charge in [-0.15, -0.1) is 0 Å². The van der Waals surface area contributed by atoms with Gasteiger partial charge in [-0.25, -0.2) is 13.2 Å². The van der Waals surface area contributed by atoms with Crippen molar-refractivity contribution in [3.8, 4) is 0 Å². The molecule has 0 spiro atoms. The first-order chi connectivity index (χ1) is 9.03. The maximum absolute atomic E-state index is 14.4. The molecule has 2 atom stereocenters. The normalized spacial score (nSPS) is 18.2. The first kappa shape index (κ1) is 19.5. The minimum absolute atomic E-state index is 0.155. The first-order valence-electron chi connectivity index (χ1n) is 7.70. The van der Waals surface area contributed by atoms with E-state index in [1.54, 1.807) is 13.8 Å². The fourth-order valence-electron chi connectivity index (χ4n) is 2.71. The molecule has 0 nitrogen and oxygen atoms in total. The molecule has 0 aliphatic carbocycles. The molecule has 0 rings (SSSR count). The van der Waals surface area contributed by atoms with Gasteiger partial charge in [-0.3, -0.25) is 0 Å². The Morgan fingerprint density at radius 2 is 1.60 bits per heavy atom. The monoisotopic (exact) mass is 292 g/mol. The Hall–Kier alpha value is -0.470. The van der Waals surface area contributed by atoms with Crippen molar-refractivity contribution < 1.29 is 13.2 Å². The lowest BCUT2D eigenvalue weighted by Crippen LogP contribution is -2.49. The zero-order chi connectivity index (χ0) is 16.0. The molecule has 20 heavy (non-hydrogen) atoms. The predicted octanol–water partition coefficient (Wildman–Crippen LogP) is 6.56. The predicted molar refractivity (Wildman–Crippen MR) is 81.0 cm³/mol. The van der Waals surface area contributed by atoms with Crippen LogP contribution in [0.3, 0.4) is 0 Å². The highest BCUT2D eigenvalue weighted by atomic mass is 19.3. The van der Waals surface area contributed by atoms with E-state index < -0.39 is 22.9 Å². The Labute approximate surface area is 122 Å². The van der Waals surface area contributed by atoms with Crippen LogP contribution in [0.25, 0.3) is 0 Å². The smallest absolute Gasteiger partial charge is 0.244 e. The highest BCUT2D eigenvalue weighted by molar-refractivity contribution is 4.97. The fraction of sp³-hybridized carbons (Fsp3) is 0.882. The minimum Gasteiger partial charge on any atom is -0.244 e. The van der Waals surface area contributed by atoms with E-state index in [0.29, 0.717) is 12.8 Å². The Bertz CT molecular complexity index is 302. The molecule has 0 aromatic heterocycles. The molecular weight excluding hydrogens is 261 g/mol. The summed E-state index contributed by atoms with van der Waals surface area (Å²) in [4.78, 5) is 0. The molecule has 3 heteroatoms. The highest BCUT2D eigenvalue weighted by Gasteiger charge is 2.53. The van der Waals surface area contributed by atoms with Crippen molar-refractivity contribution in [2.75, 3.05) is 0 Å². The lowest BCUT2D eigenvalue weighted by Gasteiger charge is -2.45. The zero-order valence-corrected chi connectivity index (χ0v) is 13.9. The average Bonchev–Trinajstić information content (AvgIpc) is 2.35. The molecule has 0 aromatic rings. The number of allylic oxidation sites excluding steroid dienone is 2. The third-order valence-corrected chi connectivity index (χ3v) is 5.05. The van der Waals surface area contributed by atoms with Gasteiger partial charge < -0.3 is 0 Å². The third-order valence-electron chi connectivity index (χ3n) is 5.05. The number of unbranched alkanes of at least 4 members (excludes halogenated alkanes) is 2. The van der Waals surface area contributed by atoms with Gasteiger partial charge in [-0.1, -0.05) is 32.9 Å². The van der Waals surface area contributed by atoms with Crippen LogP contribution in [0.1, 0.15) is 73.6 Å². The van der Waals surface area contributed by atoms with Gasteiger partial charge >= 0.3 is 0 Å². The second-order valence-electron chi connectivity index (χ2n) is 6.54. The van der Waals surface area contributed by atoms with Gasteiger partial charge in [-0.05, 0) is 46.5 Å². The Kier molecular flexibility index (Phi) is 7.34. The van der Waals surface area contributed by atoms with Crippen LogP contribution in [-0.4, -0.2) is 11.6 Å². The summed E-state index contributed by atoms with van der Waals surface area (Å²) in [6.07, 6.45) is 6.25. The lowest BCUT2D eigenvalue weighted by atomic mass is 9.63. The van der Waals surface area contributed by atoms with Crippen molar-refractivity contribution in [2.45, 2.75) is 85.2 Å². The van der Waals surface area contributed by atoms with Crippen LogP contribution in [0.15, 0.2) is 12.2 Å². The van der Waals surface area contributed by atoms with E-state index in [-0.39, 0.29) is 6.42 Å². The van der Waals surface area contributed by atoms with Gasteiger partial charge in [-0.2, -0.15) is 0 Å². The van der Waals surface area contributed by atoms with Crippen molar-refractivity contribution in [3.63, 3.8) is 0 Å². The molecule has 0 heterocycles. The topological polar surface area (TPSA) is 0 Å². The van der Waals surface area contributed by atoms with Crippen LogP contribution < -0.4 is 0 Å². The molecule has 0 amide bonds. The van der Waals surface area contributed by atoms with E-state index >= 15 is 0 Å². The van der Waals surface area contributed by atoms with E-state index in [4.69, 9.17) is 0 Å². The van der Waals surface area contributed by atoms with Crippen molar-refractivity contribution in [1.29, 1.82) is 0 Å².